The average Bonchev–Trinajstić information content (AvgIpc) is 3.01. The van der Waals surface area contributed by atoms with E-state index in [4.69, 9.17) is 5.73 Å². The number of hydrogen-bond donors (Lipinski definition) is 1. The van der Waals surface area contributed by atoms with Gasteiger partial charge in [-0.25, -0.2) is 9.37 Å². The minimum Gasteiger partial charge on any atom is -0.375 e. The van der Waals surface area contributed by atoms with Crippen LogP contribution in [-0.4, -0.2) is 4.98 Å². The van der Waals surface area contributed by atoms with E-state index in [1.54, 1.807) is 23.5 Å². The van der Waals surface area contributed by atoms with Gasteiger partial charge in [-0.05, 0) is 29.1 Å². The number of nitrogens with zero attached hydrogens (tertiary/aromatic N) is 1. The molecule has 0 aliphatic heterocycles. The molecule has 96 valence electrons. The fourth-order valence-electron chi connectivity index (χ4n) is 1.90. The van der Waals surface area contributed by atoms with Crippen molar-refractivity contribution in [2.45, 2.75) is 6.42 Å². The maximum Gasteiger partial charge on any atom is 0.180 e. The minimum atomic E-state index is -0.217. The molecule has 3 aromatic rings. The van der Waals surface area contributed by atoms with Crippen LogP contribution in [0.5, 0.6) is 0 Å². The second-order valence-corrected chi connectivity index (χ2v) is 6.03. The van der Waals surface area contributed by atoms with Gasteiger partial charge in [0.25, 0.3) is 0 Å². The van der Waals surface area contributed by atoms with Gasteiger partial charge in [0.15, 0.2) is 5.13 Å². The second-order valence-electron chi connectivity index (χ2n) is 4.14. The highest BCUT2D eigenvalue weighted by molar-refractivity contribution is 7.15. The predicted molar refractivity (Wildman–Crippen MR) is 79.0 cm³/mol. The topological polar surface area (TPSA) is 38.9 Å². The number of benzene rings is 1. The number of hydrogen-bond acceptors (Lipinski definition) is 4. The van der Waals surface area contributed by atoms with Crippen molar-refractivity contribution < 1.29 is 4.39 Å². The molecule has 0 bridgehead atoms. The molecule has 0 atom stereocenters. The van der Waals surface area contributed by atoms with Gasteiger partial charge in [-0.15, -0.1) is 11.3 Å². The van der Waals surface area contributed by atoms with Crippen LogP contribution in [0.3, 0.4) is 0 Å². The summed E-state index contributed by atoms with van der Waals surface area (Å²) in [5, 5.41) is 4.65. The number of thiazole rings is 1. The van der Waals surface area contributed by atoms with Crippen molar-refractivity contribution in [3.8, 4) is 11.3 Å². The van der Waals surface area contributed by atoms with Gasteiger partial charge in [0.1, 0.15) is 5.82 Å². The van der Waals surface area contributed by atoms with Crippen LogP contribution in [-0.2, 0) is 6.42 Å². The van der Waals surface area contributed by atoms with Gasteiger partial charge < -0.3 is 5.73 Å². The molecule has 2 aromatic heterocycles. The molecule has 3 rings (SSSR count). The Hall–Kier alpha value is -1.72. The summed E-state index contributed by atoms with van der Waals surface area (Å²) < 4.78 is 12.9. The van der Waals surface area contributed by atoms with Crippen molar-refractivity contribution in [3.63, 3.8) is 0 Å². The first-order valence-electron chi connectivity index (χ1n) is 5.74. The molecular weight excluding hydrogens is 279 g/mol. The molecule has 0 aliphatic carbocycles. The Morgan fingerprint density at radius 1 is 1.16 bits per heavy atom. The normalized spacial score (nSPS) is 10.8. The highest BCUT2D eigenvalue weighted by atomic mass is 32.1. The van der Waals surface area contributed by atoms with Gasteiger partial charge in [-0.2, -0.15) is 11.3 Å². The number of aromatic nitrogens is 1. The molecule has 0 unspecified atom stereocenters. The Morgan fingerprint density at radius 2 is 1.95 bits per heavy atom. The molecule has 1 aromatic carbocycles. The minimum absolute atomic E-state index is 0.217. The van der Waals surface area contributed by atoms with Gasteiger partial charge >= 0.3 is 0 Å². The van der Waals surface area contributed by atoms with Crippen molar-refractivity contribution in [1.29, 1.82) is 0 Å². The predicted octanol–water partition coefficient (Wildman–Crippen LogP) is 4.18. The highest BCUT2D eigenvalue weighted by Crippen LogP contribution is 2.32. The molecule has 0 aliphatic rings. The molecule has 0 saturated carbocycles. The number of anilines is 1. The Balaban J connectivity index is 1.95. The van der Waals surface area contributed by atoms with Gasteiger partial charge in [0.2, 0.25) is 0 Å². The summed E-state index contributed by atoms with van der Waals surface area (Å²) in [6, 6.07) is 8.58. The van der Waals surface area contributed by atoms with Crippen molar-refractivity contribution in [1.82, 2.24) is 4.98 Å². The van der Waals surface area contributed by atoms with Crippen LogP contribution in [0.15, 0.2) is 41.1 Å². The lowest BCUT2D eigenvalue weighted by Gasteiger charge is -2.01. The first-order chi connectivity index (χ1) is 9.22. The monoisotopic (exact) mass is 290 g/mol. The molecule has 19 heavy (non-hydrogen) atoms. The van der Waals surface area contributed by atoms with Gasteiger partial charge in [0.05, 0.1) is 5.69 Å². The summed E-state index contributed by atoms with van der Waals surface area (Å²) in [6.07, 6.45) is 0.723. The Labute approximate surface area is 118 Å². The fraction of sp³-hybridized carbons (Fsp3) is 0.0714. The van der Waals surface area contributed by atoms with E-state index in [2.05, 4.69) is 10.4 Å². The van der Waals surface area contributed by atoms with E-state index >= 15 is 0 Å². The summed E-state index contributed by atoms with van der Waals surface area (Å²) in [4.78, 5) is 5.51. The fourth-order valence-corrected chi connectivity index (χ4v) is 3.43. The van der Waals surface area contributed by atoms with E-state index in [0.29, 0.717) is 5.13 Å². The molecule has 0 radical (unpaired) electrons. The third kappa shape index (κ3) is 2.67. The Kier molecular flexibility index (Phi) is 3.31. The van der Waals surface area contributed by atoms with Crippen molar-refractivity contribution in [3.05, 3.63) is 57.3 Å². The lowest BCUT2D eigenvalue weighted by atomic mass is 10.1. The Bertz CT molecular complexity index is 672. The molecule has 0 saturated heterocycles. The SMILES string of the molecule is Nc1nc(-c2ccsc2)c(Cc2ccc(F)cc2)s1. The standard InChI is InChI=1S/C14H11FN2S2/c15-11-3-1-9(2-4-11)7-12-13(17-14(16)19-12)10-5-6-18-8-10/h1-6,8H,7H2,(H2,16,17). The zero-order valence-electron chi connectivity index (χ0n) is 9.97. The number of halogens is 1. The largest absolute Gasteiger partial charge is 0.375 e. The van der Waals surface area contributed by atoms with Crippen LogP contribution >= 0.6 is 22.7 Å². The lowest BCUT2D eigenvalue weighted by molar-refractivity contribution is 0.627. The average molecular weight is 290 g/mol. The smallest absolute Gasteiger partial charge is 0.180 e. The van der Waals surface area contributed by atoms with Crippen molar-refractivity contribution in [2.75, 3.05) is 5.73 Å². The third-order valence-corrected chi connectivity index (χ3v) is 4.35. The van der Waals surface area contributed by atoms with Gasteiger partial charge in [-0.3, -0.25) is 0 Å². The van der Waals surface area contributed by atoms with Crippen LogP contribution in [0.1, 0.15) is 10.4 Å². The van der Waals surface area contributed by atoms with Crippen LogP contribution in [0.4, 0.5) is 9.52 Å². The number of thiophene rings is 1. The molecular formula is C14H11FN2S2. The van der Waals surface area contributed by atoms with Gasteiger partial charge in [0, 0.05) is 22.2 Å². The number of rotatable bonds is 3. The quantitative estimate of drug-likeness (QED) is 0.785. The molecule has 2 heterocycles. The van der Waals surface area contributed by atoms with E-state index in [1.165, 1.54) is 23.5 Å². The van der Waals surface area contributed by atoms with Crippen LogP contribution in [0.25, 0.3) is 11.3 Å². The molecule has 2 nitrogen and oxygen atoms in total. The molecule has 5 heteroatoms. The summed E-state index contributed by atoms with van der Waals surface area (Å²) >= 11 is 3.12. The molecule has 0 amide bonds. The van der Waals surface area contributed by atoms with Crippen LogP contribution in [0.2, 0.25) is 0 Å². The van der Waals surface area contributed by atoms with Gasteiger partial charge in [-0.1, -0.05) is 12.1 Å². The Morgan fingerprint density at radius 3 is 2.63 bits per heavy atom. The van der Waals surface area contributed by atoms with E-state index in [0.717, 1.165) is 28.1 Å². The van der Waals surface area contributed by atoms with E-state index in [1.807, 2.05) is 11.4 Å². The van der Waals surface area contributed by atoms with Crippen LogP contribution < -0.4 is 5.73 Å². The van der Waals surface area contributed by atoms with E-state index < -0.39 is 0 Å². The van der Waals surface area contributed by atoms with E-state index in [9.17, 15) is 4.39 Å². The zero-order chi connectivity index (χ0) is 13.2. The van der Waals surface area contributed by atoms with Crippen molar-refractivity contribution >= 4 is 27.8 Å². The first-order valence-corrected chi connectivity index (χ1v) is 7.50. The highest BCUT2D eigenvalue weighted by Gasteiger charge is 2.12. The molecule has 0 spiro atoms. The first kappa shape index (κ1) is 12.3. The number of nitrogens with two attached hydrogens (primary N) is 1. The summed E-state index contributed by atoms with van der Waals surface area (Å²) in [6.45, 7) is 0. The summed E-state index contributed by atoms with van der Waals surface area (Å²) in [5.41, 5.74) is 8.90. The van der Waals surface area contributed by atoms with Crippen molar-refractivity contribution in [2.24, 2.45) is 0 Å². The lowest BCUT2D eigenvalue weighted by Crippen LogP contribution is -1.88. The maximum absolute atomic E-state index is 12.9. The summed E-state index contributed by atoms with van der Waals surface area (Å²) in [7, 11) is 0. The summed E-state index contributed by atoms with van der Waals surface area (Å²) in [5.74, 6) is -0.217. The molecule has 2 N–H and O–H groups in total. The second kappa shape index (κ2) is 5.11. The third-order valence-electron chi connectivity index (χ3n) is 2.79. The zero-order valence-corrected chi connectivity index (χ0v) is 11.6. The molecule has 0 fully saturated rings. The maximum atomic E-state index is 12.9. The van der Waals surface area contributed by atoms with Crippen LogP contribution in [0, 0.1) is 5.82 Å². The number of nitrogen functional groups attached to an aromatic ring is 1. The van der Waals surface area contributed by atoms with E-state index in [-0.39, 0.29) is 5.82 Å².